The van der Waals surface area contributed by atoms with Gasteiger partial charge in [-0.25, -0.2) is 9.97 Å². The highest BCUT2D eigenvalue weighted by molar-refractivity contribution is 8.23. The number of nitrogens with one attached hydrogen (secondary N) is 3. The Morgan fingerprint density at radius 2 is 1.58 bits per heavy atom. The third-order valence-electron chi connectivity index (χ3n) is 3.32. The Labute approximate surface area is 161 Å². The second-order valence-electron chi connectivity index (χ2n) is 5.12. The van der Waals surface area contributed by atoms with Gasteiger partial charge in [0.05, 0.1) is 24.0 Å². The lowest BCUT2D eigenvalue weighted by Gasteiger charge is -2.07. The molecule has 0 aliphatic rings. The van der Waals surface area contributed by atoms with Crippen molar-refractivity contribution in [3.63, 3.8) is 0 Å². The van der Waals surface area contributed by atoms with Crippen molar-refractivity contribution in [2.75, 3.05) is 23.8 Å². The molecule has 3 N–H and O–H groups in total. The molecule has 24 heavy (non-hydrogen) atoms. The zero-order valence-corrected chi connectivity index (χ0v) is 17.2. The second kappa shape index (κ2) is 11.1. The van der Waals surface area contributed by atoms with Crippen molar-refractivity contribution < 1.29 is 0 Å². The normalized spacial score (nSPS) is 10.9. The van der Waals surface area contributed by atoms with Gasteiger partial charge in [0.1, 0.15) is 4.32 Å². The van der Waals surface area contributed by atoms with Gasteiger partial charge < -0.3 is 15.3 Å². The van der Waals surface area contributed by atoms with E-state index in [0.717, 1.165) is 62.4 Å². The lowest BCUT2D eigenvalue weighted by molar-refractivity contribution is 1.00. The van der Waals surface area contributed by atoms with Gasteiger partial charge in [0.2, 0.25) is 0 Å². The first-order valence-electron chi connectivity index (χ1n) is 7.70. The van der Waals surface area contributed by atoms with Gasteiger partial charge in [-0.05, 0) is 13.8 Å². The minimum atomic E-state index is 0.892. The number of aromatic amines is 2. The summed E-state index contributed by atoms with van der Waals surface area (Å²) in [5.41, 5.74) is 4.61. The topological polar surface area (TPSA) is 69.4 Å². The summed E-state index contributed by atoms with van der Waals surface area (Å²) >= 11 is 10.8. The standard InChI is InChI=1S/C15H23N5S4/c1-11-13(19-9-17-11)7-22-4-3-16-15(21)24-6-5-23-8-14-12(2)18-10-20-14/h9-10H,3-8H2,1-2H3,(H,16,21)(H,17,19)(H,18,20). The number of rotatable bonds is 10. The fraction of sp³-hybridized carbons (Fsp3) is 0.533. The molecule has 0 saturated heterocycles. The molecule has 0 fully saturated rings. The first kappa shape index (κ1) is 19.7. The van der Waals surface area contributed by atoms with Crippen LogP contribution in [-0.4, -0.2) is 48.1 Å². The molecule has 0 atom stereocenters. The first-order chi connectivity index (χ1) is 11.7. The van der Waals surface area contributed by atoms with Crippen LogP contribution >= 0.6 is 47.5 Å². The average Bonchev–Trinajstić information content (AvgIpc) is 3.15. The molecule has 0 aliphatic heterocycles. The number of imidazole rings is 2. The van der Waals surface area contributed by atoms with E-state index in [4.69, 9.17) is 12.2 Å². The van der Waals surface area contributed by atoms with Gasteiger partial charge in [0.15, 0.2) is 0 Å². The maximum Gasteiger partial charge on any atom is 0.133 e. The molecule has 2 heterocycles. The molecule has 0 unspecified atom stereocenters. The van der Waals surface area contributed by atoms with E-state index in [1.807, 2.05) is 23.5 Å². The van der Waals surface area contributed by atoms with Crippen molar-refractivity contribution in [2.45, 2.75) is 25.4 Å². The summed E-state index contributed by atoms with van der Waals surface area (Å²) in [6.45, 7) is 5.01. The number of hydrogen-bond donors (Lipinski definition) is 3. The smallest absolute Gasteiger partial charge is 0.133 e. The molecule has 0 saturated carbocycles. The summed E-state index contributed by atoms with van der Waals surface area (Å²) in [7, 11) is 0. The Morgan fingerprint density at radius 1 is 1.00 bits per heavy atom. The minimum Gasteiger partial charge on any atom is -0.370 e. The predicted molar refractivity (Wildman–Crippen MR) is 112 cm³/mol. The highest BCUT2D eigenvalue weighted by Crippen LogP contribution is 2.15. The van der Waals surface area contributed by atoms with Gasteiger partial charge in [-0.1, -0.05) is 24.0 Å². The molecule has 2 aromatic rings. The van der Waals surface area contributed by atoms with E-state index in [9.17, 15) is 0 Å². The fourth-order valence-corrected chi connectivity index (χ4v) is 4.92. The summed E-state index contributed by atoms with van der Waals surface area (Å²) in [6, 6.07) is 0. The Hall–Kier alpha value is -0.640. The SMILES string of the molecule is Cc1[nH]cnc1CSCCNC(=S)SCCSCc1nc[nH]c1C. The molecule has 5 nitrogen and oxygen atoms in total. The van der Waals surface area contributed by atoms with Gasteiger partial charge in [-0.15, -0.1) is 0 Å². The molecule has 132 valence electrons. The van der Waals surface area contributed by atoms with Gasteiger partial charge in [0, 0.05) is 46.7 Å². The summed E-state index contributed by atoms with van der Waals surface area (Å²) in [5, 5.41) is 3.31. The Kier molecular flexibility index (Phi) is 9.08. The highest BCUT2D eigenvalue weighted by atomic mass is 32.2. The molecule has 9 heteroatoms. The zero-order chi connectivity index (χ0) is 17.2. The van der Waals surface area contributed by atoms with Crippen LogP contribution in [0.2, 0.25) is 0 Å². The largest absolute Gasteiger partial charge is 0.370 e. The summed E-state index contributed by atoms with van der Waals surface area (Å²) < 4.78 is 0.892. The molecule has 0 bridgehead atoms. The number of hydrogen-bond acceptors (Lipinski definition) is 6. The van der Waals surface area contributed by atoms with Gasteiger partial charge in [-0.3, -0.25) is 0 Å². The number of thioether (sulfide) groups is 3. The predicted octanol–water partition coefficient (Wildman–Crippen LogP) is 3.52. The number of H-pyrrole nitrogens is 2. The molecule has 0 amide bonds. The molecule has 0 radical (unpaired) electrons. The van der Waals surface area contributed by atoms with Crippen LogP contribution < -0.4 is 5.32 Å². The van der Waals surface area contributed by atoms with E-state index in [2.05, 4.69) is 39.1 Å². The van der Waals surface area contributed by atoms with E-state index in [1.165, 1.54) is 0 Å². The van der Waals surface area contributed by atoms with Crippen LogP contribution in [0.25, 0.3) is 0 Å². The lowest BCUT2D eigenvalue weighted by atomic mass is 10.4. The van der Waals surface area contributed by atoms with Crippen LogP contribution in [0.3, 0.4) is 0 Å². The van der Waals surface area contributed by atoms with Gasteiger partial charge in [0.25, 0.3) is 0 Å². The van der Waals surface area contributed by atoms with Crippen LogP contribution in [0.1, 0.15) is 22.8 Å². The molecule has 2 aromatic heterocycles. The molecule has 0 spiro atoms. The minimum absolute atomic E-state index is 0.892. The maximum atomic E-state index is 5.35. The van der Waals surface area contributed by atoms with Crippen LogP contribution in [0.15, 0.2) is 12.7 Å². The van der Waals surface area contributed by atoms with E-state index >= 15 is 0 Å². The van der Waals surface area contributed by atoms with E-state index < -0.39 is 0 Å². The second-order valence-corrected chi connectivity index (χ2v) is 9.10. The highest BCUT2D eigenvalue weighted by Gasteiger charge is 2.03. The van der Waals surface area contributed by atoms with Crippen molar-refractivity contribution in [3.8, 4) is 0 Å². The summed E-state index contributed by atoms with van der Waals surface area (Å²) in [5.74, 6) is 5.03. The Bertz CT molecular complexity index is 573. The van der Waals surface area contributed by atoms with Crippen molar-refractivity contribution >= 4 is 51.8 Å². The lowest BCUT2D eigenvalue weighted by Crippen LogP contribution is -2.21. The zero-order valence-electron chi connectivity index (χ0n) is 13.9. The molecular weight excluding hydrogens is 378 g/mol. The molecular formula is C15H23N5S4. The average molecular weight is 402 g/mol. The molecule has 2 rings (SSSR count). The van der Waals surface area contributed by atoms with Crippen molar-refractivity contribution in [1.29, 1.82) is 0 Å². The molecule has 0 aliphatic carbocycles. The van der Waals surface area contributed by atoms with Crippen LogP contribution in [-0.2, 0) is 11.5 Å². The van der Waals surface area contributed by atoms with Crippen LogP contribution in [0, 0.1) is 13.8 Å². The molecule has 0 aromatic carbocycles. The van der Waals surface area contributed by atoms with Crippen LogP contribution in [0.4, 0.5) is 0 Å². The maximum absolute atomic E-state index is 5.35. The quantitative estimate of drug-likeness (QED) is 0.416. The van der Waals surface area contributed by atoms with Gasteiger partial charge >= 0.3 is 0 Å². The summed E-state index contributed by atoms with van der Waals surface area (Å²) in [4.78, 5) is 14.8. The van der Waals surface area contributed by atoms with Crippen molar-refractivity contribution in [1.82, 2.24) is 25.3 Å². The third-order valence-corrected chi connectivity index (χ3v) is 6.83. The Morgan fingerprint density at radius 3 is 2.12 bits per heavy atom. The van der Waals surface area contributed by atoms with Crippen molar-refractivity contribution in [3.05, 3.63) is 35.4 Å². The van der Waals surface area contributed by atoms with E-state index in [0.29, 0.717) is 0 Å². The first-order valence-corrected chi connectivity index (χ1v) is 11.4. The van der Waals surface area contributed by atoms with Crippen LogP contribution in [0.5, 0.6) is 0 Å². The van der Waals surface area contributed by atoms with E-state index in [-0.39, 0.29) is 0 Å². The monoisotopic (exact) mass is 401 g/mol. The van der Waals surface area contributed by atoms with Crippen molar-refractivity contribution in [2.24, 2.45) is 0 Å². The summed E-state index contributed by atoms with van der Waals surface area (Å²) in [6.07, 6.45) is 3.51. The Balaban J connectivity index is 1.44. The number of nitrogens with zero attached hydrogens (tertiary/aromatic N) is 2. The third kappa shape index (κ3) is 7.08. The fourth-order valence-electron chi connectivity index (χ4n) is 1.87. The number of aryl methyl sites for hydroxylation is 2. The number of aromatic nitrogens is 4. The van der Waals surface area contributed by atoms with Gasteiger partial charge in [-0.2, -0.15) is 23.5 Å². The van der Waals surface area contributed by atoms with E-state index in [1.54, 1.807) is 24.4 Å². The number of thiocarbonyl (C=S) groups is 1.